The van der Waals surface area contributed by atoms with E-state index in [0.29, 0.717) is 0 Å². The normalized spacial score (nSPS) is 13.4. The van der Waals surface area contributed by atoms with Crippen molar-refractivity contribution in [2.45, 2.75) is 25.9 Å². The second-order valence-electron chi connectivity index (χ2n) is 4.27. The molecule has 1 aromatic rings. The molecule has 0 aliphatic heterocycles. The zero-order valence-electron chi connectivity index (χ0n) is 10.9. The molecule has 2 atom stereocenters. The van der Waals surface area contributed by atoms with E-state index < -0.39 is 24.6 Å². The van der Waals surface area contributed by atoms with Gasteiger partial charge in [0.15, 0.2) is 6.04 Å². The molecular formula is C13H18N2O4. The Balaban J connectivity index is 2.62. The van der Waals surface area contributed by atoms with E-state index in [4.69, 9.17) is 10.2 Å². The number of aryl methyl sites for hydroxylation is 1. The molecule has 104 valence electrons. The van der Waals surface area contributed by atoms with E-state index in [-0.39, 0.29) is 6.04 Å². The molecule has 1 rings (SSSR count). The van der Waals surface area contributed by atoms with Crippen LogP contribution in [0.25, 0.3) is 0 Å². The highest BCUT2D eigenvalue weighted by Crippen LogP contribution is 2.16. The van der Waals surface area contributed by atoms with Gasteiger partial charge in [0.2, 0.25) is 0 Å². The number of carboxylic acid groups (broad SMARTS) is 1. The van der Waals surface area contributed by atoms with Crippen molar-refractivity contribution < 1.29 is 19.8 Å². The topological polar surface area (TPSA) is 98.7 Å². The van der Waals surface area contributed by atoms with Crippen LogP contribution in [0.3, 0.4) is 0 Å². The van der Waals surface area contributed by atoms with Crippen molar-refractivity contribution in [2.75, 3.05) is 6.61 Å². The van der Waals surface area contributed by atoms with Gasteiger partial charge in [-0.1, -0.05) is 24.3 Å². The van der Waals surface area contributed by atoms with E-state index in [1.165, 1.54) is 0 Å². The average Bonchev–Trinajstić information content (AvgIpc) is 2.35. The summed E-state index contributed by atoms with van der Waals surface area (Å²) in [6.07, 6.45) is 0. The summed E-state index contributed by atoms with van der Waals surface area (Å²) >= 11 is 0. The van der Waals surface area contributed by atoms with Crippen LogP contribution in [0.1, 0.15) is 24.1 Å². The van der Waals surface area contributed by atoms with E-state index in [2.05, 4.69) is 10.6 Å². The molecule has 6 nitrogen and oxygen atoms in total. The molecule has 0 fully saturated rings. The van der Waals surface area contributed by atoms with Crippen LogP contribution in [-0.2, 0) is 4.79 Å². The van der Waals surface area contributed by atoms with Gasteiger partial charge in [0.05, 0.1) is 12.6 Å². The summed E-state index contributed by atoms with van der Waals surface area (Å²) in [6.45, 7) is 3.08. The summed E-state index contributed by atoms with van der Waals surface area (Å²) in [5, 5.41) is 22.4. The lowest BCUT2D eigenvalue weighted by molar-refractivity contribution is -0.140. The molecule has 0 aliphatic rings. The SMILES string of the molecule is Cc1ccccc1C(C)NC(=O)N[C@H](CO)C(=O)O. The molecule has 0 saturated heterocycles. The van der Waals surface area contributed by atoms with Crippen molar-refractivity contribution in [1.29, 1.82) is 0 Å². The smallest absolute Gasteiger partial charge is 0.328 e. The van der Waals surface area contributed by atoms with E-state index in [1.54, 1.807) is 6.92 Å². The van der Waals surface area contributed by atoms with Crippen LogP contribution in [-0.4, -0.2) is 34.9 Å². The maximum absolute atomic E-state index is 11.6. The van der Waals surface area contributed by atoms with Gasteiger partial charge in [-0.2, -0.15) is 0 Å². The molecule has 19 heavy (non-hydrogen) atoms. The first-order chi connectivity index (χ1) is 8.95. The standard InChI is InChI=1S/C13H18N2O4/c1-8-5-3-4-6-10(8)9(2)14-13(19)15-11(7-16)12(17)18/h3-6,9,11,16H,7H2,1-2H3,(H,17,18)(H2,14,15,19)/t9?,11-/m1/s1. The minimum Gasteiger partial charge on any atom is -0.480 e. The van der Waals surface area contributed by atoms with Gasteiger partial charge in [-0.25, -0.2) is 9.59 Å². The molecule has 1 unspecified atom stereocenters. The number of aliphatic hydroxyl groups excluding tert-OH is 1. The summed E-state index contributed by atoms with van der Waals surface area (Å²) in [5.41, 5.74) is 1.99. The summed E-state index contributed by atoms with van der Waals surface area (Å²) in [4.78, 5) is 22.3. The third-order valence-electron chi connectivity index (χ3n) is 2.79. The molecule has 0 saturated carbocycles. The Kier molecular flexibility index (Phi) is 5.32. The van der Waals surface area contributed by atoms with Crippen LogP contribution < -0.4 is 10.6 Å². The minimum atomic E-state index is -1.30. The number of amides is 2. The fourth-order valence-corrected chi connectivity index (χ4v) is 1.73. The summed E-state index contributed by atoms with van der Waals surface area (Å²) < 4.78 is 0. The summed E-state index contributed by atoms with van der Waals surface area (Å²) in [7, 11) is 0. The van der Waals surface area contributed by atoms with Crippen molar-refractivity contribution in [3.8, 4) is 0 Å². The largest absolute Gasteiger partial charge is 0.480 e. The molecule has 2 amide bonds. The fourth-order valence-electron chi connectivity index (χ4n) is 1.73. The number of aliphatic hydroxyl groups is 1. The highest BCUT2D eigenvalue weighted by Gasteiger charge is 2.20. The van der Waals surface area contributed by atoms with Gasteiger partial charge in [-0.15, -0.1) is 0 Å². The number of hydrogen-bond acceptors (Lipinski definition) is 3. The molecular weight excluding hydrogens is 248 g/mol. The van der Waals surface area contributed by atoms with Gasteiger partial charge in [-0.3, -0.25) is 0 Å². The maximum atomic E-state index is 11.6. The van der Waals surface area contributed by atoms with Gasteiger partial charge >= 0.3 is 12.0 Å². The van der Waals surface area contributed by atoms with Crippen molar-refractivity contribution in [1.82, 2.24) is 10.6 Å². The Bertz CT molecular complexity index is 462. The van der Waals surface area contributed by atoms with Crippen LogP contribution in [0.5, 0.6) is 0 Å². The van der Waals surface area contributed by atoms with Gasteiger partial charge in [0.25, 0.3) is 0 Å². The van der Waals surface area contributed by atoms with Gasteiger partial charge in [-0.05, 0) is 25.0 Å². The minimum absolute atomic E-state index is 0.255. The number of carbonyl (C=O) groups is 2. The fraction of sp³-hybridized carbons (Fsp3) is 0.385. The van der Waals surface area contributed by atoms with Crippen LogP contribution in [0.4, 0.5) is 4.79 Å². The van der Waals surface area contributed by atoms with E-state index >= 15 is 0 Å². The third-order valence-corrected chi connectivity index (χ3v) is 2.79. The van der Waals surface area contributed by atoms with Crippen LogP contribution in [0, 0.1) is 6.92 Å². The molecule has 4 N–H and O–H groups in total. The monoisotopic (exact) mass is 266 g/mol. The van der Waals surface area contributed by atoms with Crippen molar-refractivity contribution >= 4 is 12.0 Å². The highest BCUT2D eigenvalue weighted by atomic mass is 16.4. The average molecular weight is 266 g/mol. The van der Waals surface area contributed by atoms with Gasteiger partial charge in [0.1, 0.15) is 0 Å². The molecule has 0 radical (unpaired) electrons. The number of rotatable bonds is 5. The molecule has 0 heterocycles. The predicted molar refractivity (Wildman–Crippen MR) is 69.8 cm³/mol. The number of benzene rings is 1. The number of urea groups is 1. The van der Waals surface area contributed by atoms with Crippen LogP contribution in [0.2, 0.25) is 0 Å². The Morgan fingerprint density at radius 1 is 1.26 bits per heavy atom. The van der Waals surface area contributed by atoms with E-state index in [0.717, 1.165) is 11.1 Å². The summed E-state index contributed by atoms with van der Waals surface area (Å²) in [6, 6.07) is 5.40. The third kappa shape index (κ3) is 4.26. The Hall–Kier alpha value is -2.08. The Morgan fingerprint density at radius 2 is 1.89 bits per heavy atom. The second kappa shape index (κ2) is 6.75. The lowest BCUT2D eigenvalue weighted by Crippen LogP contribution is -2.48. The van der Waals surface area contributed by atoms with Crippen molar-refractivity contribution in [2.24, 2.45) is 0 Å². The first-order valence-electron chi connectivity index (χ1n) is 5.92. The van der Waals surface area contributed by atoms with Crippen LogP contribution in [0.15, 0.2) is 24.3 Å². The number of carbonyl (C=O) groups excluding carboxylic acids is 1. The Labute approximate surface area is 111 Å². The maximum Gasteiger partial charge on any atom is 0.328 e. The van der Waals surface area contributed by atoms with Crippen molar-refractivity contribution in [3.05, 3.63) is 35.4 Å². The molecule has 0 aromatic heterocycles. The molecule has 0 spiro atoms. The highest BCUT2D eigenvalue weighted by molar-refractivity contribution is 5.82. The number of aliphatic carboxylic acids is 1. The first kappa shape index (κ1) is 15.0. The summed E-state index contributed by atoms with van der Waals surface area (Å²) in [5.74, 6) is -1.28. The van der Waals surface area contributed by atoms with Gasteiger partial charge < -0.3 is 20.8 Å². The number of carboxylic acids is 1. The lowest BCUT2D eigenvalue weighted by atomic mass is 10.0. The van der Waals surface area contributed by atoms with E-state index in [1.807, 2.05) is 31.2 Å². The quantitative estimate of drug-likeness (QED) is 0.633. The van der Waals surface area contributed by atoms with Gasteiger partial charge in [0, 0.05) is 0 Å². The van der Waals surface area contributed by atoms with Crippen LogP contribution >= 0.6 is 0 Å². The molecule has 0 aliphatic carbocycles. The molecule has 6 heteroatoms. The molecule has 1 aromatic carbocycles. The number of nitrogens with one attached hydrogen (secondary N) is 2. The Morgan fingerprint density at radius 3 is 2.42 bits per heavy atom. The zero-order chi connectivity index (χ0) is 14.4. The number of hydrogen-bond donors (Lipinski definition) is 4. The van der Waals surface area contributed by atoms with Crippen molar-refractivity contribution in [3.63, 3.8) is 0 Å². The van der Waals surface area contributed by atoms with E-state index in [9.17, 15) is 9.59 Å². The predicted octanol–water partition coefficient (Wildman–Crippen LogP) is 0.801. The second-order valence-corrected chi connectivity index (χ2v) is 4.27. The first-order valence-corrected chi connectivity index (χ1v) is 5.92. The molecule has 0 bridgehead atoms. The lowest BCUT2D eigenvalue weighted by Gasteiger charge is -2.18. The zero-order valence-corrected chi connectivity index (χ0v) is 10.9.